The van der Waals surface area contributed by atoms with Crippen molar-refractivity contribution < 1.29 is 10.0 Å². The third kappa shape index (κ3) is 3.23. The van der Waals surface area contributed by atoms with E-state index in [4.69, 9.17) is 0 Å². The SMILES string of the molecule is CN(CCc1ccccn1)c1ccc([N+](=O)[O-])c(O)c1. The van der Waals surface area contributed by atoms with Gasteiger partial charge in [0.25, 0.3) is 0 Å². The van der Waals surface area contributed by atoms with Gasteiger partial charge in [-0.15, -0.1) is 0 Å². The summed E-state index contributed by atoms with van der Waals surface area (Å²) < 4.78 is 0. The molecule has 104 valence electrons. The third-order valence-corrected chi connectivity index (χ3v) is 3.03. The molecule has 1 N–H and O–H groups in total. The molecule has 1 aromatic carbocycles. The Morgan fingerprint density at radius 2 is 2.15 bits per heavy atom. The molecular weight excluding hydrogens is 258 g/mol. The smallest absolute Gasteiger partial charge is 0.310 e. The standard InChI is InChI=1S/C14H15N3O3/c1-16(9-7-11-4-2-3-8-15-11)12-5-6-13(17(19)20)14(18)10-12/h2-6,8,10,18H,7,9H2,1H3. The number of likely N-dealkylation sites (N-methyl/N-ethyl adjacent to an activating group) is 1. The highest BCUT2D eigenvalue weighted by Crippen LogP contribution is 2.29. The summed E-state index contributed by atoms with van der Waals surface area (Å²) in [5, 5.41) is 20.3. The summed E-state index contributed by atoms with van der Waals surface area (Å²) >= 11 is 0. The van der Waals surface area contributed by atoms with E-state index in [1.54, 1.807) is 12.3 Å². The Balaban J connectivity index is 2.04. The lowest BCUT2D eigenvalue weighted by Gasteiger charge is -2.19. The van der Waals surface area contributed by atoms with Crippen molar-refractivity contribution in [1.82, 2.24) is 4.98 Å². The van der Waals surface area contributed by atoms with E-state index in [9.17, 15) is 15.2 Å². The average Bonchev–Trinajstić information content (AvgIpc) is 2.45. The maximum absolute atomic E-state index is 10.6. The van der Waals surface area contributed by atoms with Gasteiger partial charge in [0.1, 0.15) is 0 Å². The number of hydrogen-bond acceptors (Lipinski definition) is 5. The number of hydrogen-bond donors (Lipinski definition) is 1. The maximum Gasteiger partial charge on any atom is 0.310 e. The molecule has 0 aliphatic carbocycles. The van der Waals surface area contributed by atoms with Crippen LogP contribution in [0.2, 0.25) is 0 Å². The Morgan fingerprint density at radius 1 is 1.35 bits per heavy atom. The Labute approximate surface area is 116 Å². The van der Waals surface area contributed by atoms with Crippen LogP contribution in [-0.2, 0) is 6.42 Å². The second-order valence-corrected chi connectivity index (χ2v) is 4.42. The molecule has 0 fully saturated rings. The quantitative estimate of drug-likeness (QED) is 0.668. The highest BCUT2D eigenvalue weighted by atomic mass is 16.6. The molecule has 2 aromatic rings. The lowest BCUT2D eigenvalue weighted by Crippen LogP contribution is -2.20. The van der Waals surface area contributed by atoms with E-state index in [0.717, 1.165) is 17.8 Å². The van der Waals surface area contributed by atoms with Crippen LogP contribution >= 0.6 is 0 Å². The number of nitrogens with zero attached hydrogens (tertiary/aromatic N) is 3. The Kier molecular flexibility index (Phi) is 4.14. The minimum atomic E-state index is -0.604. The van der Waals surface area contributed by atoms with Crippen LogP contribution < -0.4 is 4.90 Å². The van der Waals surface area contributed by atoms with Gasteiger partial charge in [0.05, 0.1) is 4.92 Å². The topological polar surface area (TPSA) is 79.5 Å². The van der Waals surface area contributed by atoms with E-state index in [-0.39, 0.29) is 11.4 Å². The van der Waals surface area contributed by atoms with Gasteiger partial charge < -0.3 is 10.0 Å². The summed E-state index contributed by atoms with van der Waals surface area (Å²) in [6.07, 6.45) is 2.50. The van der Waals surface area contributed by atoms with E-state index in [1.807, 2.05) is 30.1 Å². The van der Waals surface area contributed by atoms with Gasteiger partial charge in [0.2, 0.25) is 0 Å². The molecule has 0 aliphatic rings. The predicted octanol–water partition coefficient (Wildman–Crippen LogP) is 2.37. The number of phenolic OH excluding ortho intramolecular Hbond substituents is 1. The number of nitro benzene ring substituents is 1. The van der Waals surface area contributed by atoms with Gasteiger partial charge in [-0.3, -0.25) is 15.1 Å². The lowest BCUT2D eigenvalue weighted by atomic mass is 10.2. The number of nitro groups is 1. The van der Waals surface area contributed by atoms with Gasteiger partial charge in [-0.05, 0) is 18.2 Å². The summed E-state index contributed by atoms with van der Waals surface area (Å²) in [7, 11) is 1.86. The number of anilines is 1. The fourth-order valence-electron chi connectivity index (χ4n) is 1.86. The number of aromatic nitrogens is 1. The first-order valence-electron chi connectivity index (χ1n) is 6.16. The van der Waals surface area contributed by atoms with E-state index >= 15 is 0 Å². The molecule has 0 amide bonds. The van der Waals surface area contributed by atoms with Gasteiger partial charge in [-0.25, -0.2) is 0 Å². The monoisotopic (exact) mass is 273 g/mol. The molecule has 20 heavy (non-hydrogen) atoms. The highest BCUT2D eigenvalue weighted by Gasteiger charge is 2.14. The number of rotatable bonds is 5. The number of pyridine rings is 1. The Bertz CT molecular complexity index is 602. The van der Waals surface area contributed by atoms with Crippen molar-refractivity contribution in [3.05, 3.63) is 58.4 Å². The summed E-state index contributed by atoms with van der Waals surface area (Å²) in [6, 6.07) is 10.1. The lowest BCUT2D eigenvalue weighted by molar-refractivity contribution is -0.385. The van der Waals surface area contributed by atoms with Crippen molar-refractivity contribution in [2.24, 2.45) is 0 Å². The van der Waals surface area contributed by atoms with Gasteiger partial charge in [0.15, 0.2) is 5.75 Å². The zero-order chi connectivity index (χ0) is 14.5. The highest BCUT2D eigenvalue weighted by molar-refractivity contribution is 5.58. The molecule has 0 saturated heterocycles. The van der Waals surface area contributed by atoms with E-state index < -0.39 is 4.92 Å². The molecule has 0 bridgehead atoms. The van der Waals surface area contributed by atoms with Crippen LogP contribution in [0.15, 0.2) is 42.6 Å². The van der Waals surface area contributed by atoms with Crippen molar-refractivity contribution in [2.75, 3.05) is 18.5 Å². The Morgan fingerprint density at radius 3 is 2.75 bits per heavy atom. The van der Waals surface area contributed by atoms with Gasteiger partial charge >= 0.3 is 5.69 Å². The second kappa shape index (κ2) is 6.01. The van der Waals surface area contributed by atoms with Crippen LogP contribution in [0.1, 0.15) is 5.69 Å². The predicted molar refractivity (Wildman–Crippen MR) is 76.0 cm³/mol. The van der Waals surface area contributed by atoms with Crippen molar-refractivity contribution in [3.8, 4) is 5.75 Å². The molecular formula is C14H15N3O3. The zero-order valence-corrected chi connectivity index (χ0v) is 11.1. The third-order valence-electron chi connectivity index (χ3n) is 3.03. The molecule has 1 heterocycles. The molecule has 6 heteroatoms. The van der Waals surface area contributed by atoms with Crippen molar-refractivity contribution >= 4 is 11.4 Å². The van der Waals surface area contributed by atoms with E-state index in [1.165, 1.54) is 12.1 Å². The van der Waals surface area contributed by atoms with Crippen LogP contribution in [0.4, 0.5) is 11.4 Å². The normalized spacial score (nSPS) is 10.2. The van der Waals surface area contributed by atoms with Crippen molar-refractivity contribution in [2.45, 2.75) is 6.42 Å². The zero-order valence-electron chi connectivity index (χ0n) is 11.1. The van der Waals surface area contributed by atoms with Crippen LogP contribution in [0.3, 0.4) is 0 Å². The molecule has 0 aliphatic heterocycles. The Hall–Kier alpha value is -2.63. The minimum Gasteiger partial charge on any atom is -0.502 e. The first-order valence-corrected chi connectivity index (χ1v) is 6.16. The summed E-state index contributed by atoms with van der Waals surface area (Å²) in [5.41, 5.74) is 1.42. The maximum atomic E-state index is 10.6. The molecule has 0 radical (unpaired) electrons. The van der Waals surface area contributed by atoms with Crippen LogP contribution in [-0.4, -0.2) is 28.6 Å². The molecule has 0 unspecified atom stereocenters. The second-order valence-electron chi connectivity index (χ2n) is 4.42. The van der Waals surface area contributed by atoms with E-state index in [0.29, 0.717) is 6.54 Å². The first kappa shape index (κ1) is 13.8. The van der Waals surface area contributed by atoms with Crippen LogP contribution in [0, 0.1) is 10.1 Å². The minimum absolute atomic E-state index is 0.285. The summed E-state index contributed by atoms with van der Waals surface area (Å²) in [4.78, 5) is 16.2. The fourth-order valence-corrected chi connectivity index (χ4v) is 1.86. The van der Waals surface area contributed by atoms with Crippen LogP contribution in [0.5, 0.6) is 5.75 Å². The van der Waals surface area contributed by atoms with Gasteiger partial charge in [0, 0.05) is 49.7 Å². The average molecular weight is 273 g/mol. The summed E-state index contributed by atoms with van der Waals surface area (Å²) in [6.45, 7) is 0.703. The molecule has 1 aromatic heterocycles. The number of aromatic hydroxyl groups is 1. The number of benzene rings is 1. The van der Waals surface area contributed by atoms with Crippen molar-refractivity contribution in [1.29, 1.82) is 0 Å². The summed E-state index contributed by atoms with van der Waals surface area (Å²) in [5.74, 6) is -0.322. The number of phenols is 1. The first-order chi connectivity index (χ1) is 9.58. The van der Waals surface area contributed by atoms with Crippen LogP contribution in [0.25, 0.3) is 0 Å². The van der Waals surface area contributed by atoms with E-state index in [2.05, 4.69) is 4.98 Å². The fraction of sp³-hybridized carbons (Fsp3) is 0.214. The van der Waals surface area contributed by atoms with Gasteiger partial charge in [-0.1, -0.05) is 6.07 Å². The van der Waals surface area contributed by atoms with Crippen molar-refractivity contribution in [3.63, 3.8) is 0 Å². The molecule has 0 atom stereocenters. The molecule has 0 saturated carbocycles. The largest absolute Gasteiger partial charge is 0.502 e. The van der Waals surface area contributed by atoms with Gasteiger partial charge in [-0.2, -0.15) is 0 Å². The molecule has 2 rings (SSSR count). The molecule has 0 spiro atoms. The molecule has 6 nitrogen and oxygen atoms in total.